The summed E-state index contributed by atoms with van der Waals surface area (Å²) in [5.74, 6) is -4.61. The molecule has 0 fully saturated rings. The lowest BCUT2D eigenvalue weighted by molar-refractivity contribution is -0.147. The molecule has 3 aromatic rings. The minimum atomic E-state index is -1.21. The smallest absolute Gasteiger partial charge is 0.320 e. The number of hydrogen-bond donors (Lipinski definition) is 7. The highest BCUT2D eigenvalue weighted by Gasteiger charge is 2.24. The Balaban J connectivity index is 1.35. The van der Waals surface area contributed by atoms with Crippen LogP contribution in [-0.2, 0) is 62.3 Å². The van der Waals surface area contributed by atoms with Gasteiger partial charge in [0.2, 0.25) is 11.8 Å². The van der Waals surface area contributed by atoms with Gasteiger partial charge in [-0.05, 0) is 123 Å². The lowest BCUT2D eigenvalue weighted by Gasteiger charge is -2.27. The second-order valence-electron chi connectivity index (χ2n) is 18.9. The molecular weight excluding hydrogens is 993 g/mol. The summed E-state index contributed by atoms with van der Waals surface area (Å²) >= 11 is 0. The molecular formula is C55H76N10O12. The Labute approximate surface area is 448 Å². The summed E-state index contributed by atoms with van der Waals surface area (Å²) in [7, 11) is 1.38. The molecule has 418 valence electrons. The monoisotopic (exact) mass is 1070 g/mol. The predicted molar refractivity (Wildman–Crippen MR) is 291 cm³/mol. The fraction of sp³-hybridized carbons (Fsp3) is 0.527. The molecule has 0 saturated carbocycles. The predicted octanol–water partition coefficient (Wildman–Crippen LogP) is 5.04. The van der Waals surface area contributed by atoms with Crippen molar-refractivity contribution in [3.05, 3.63) is 63.4 Å². The standard InChI is InChI=1S/C55H76N10O12/c1-9-35-37(11-3)54-60-43(35)25-41-33(6)39(15-14-16-52(74)76-8)45(58-41)27-46-40(34(7)42(59-46)26-44-36(10-2)38(12-4)55(61-44)62-54)17-18-47(66)56-19-20-57-48(67)28-64(30-50(70)71)23-21-63(29-49(68)69)22-24-65(31-51(72)73)32-53(75)77-13-5/h25-27,59H,9-24,28-32H2,1-8H3,(H,56,66)(H,57,67)(H,68,69)(H,70,71)(H,72,73)(H,60,61,62). The van der Waals surface area contributed by atoms with Gasteiger partial charge in [-0.1, -0.05) is 27.7 Å². The van der Waals surface area contributed by atoms with Gasteiger partial charge in [-0.15, -0.1) is 0 Å². The van der Waals surface area contributed by atoms with E-state index in [9.17, 15) is 48.9 Å². The summed E-state index contributed by atoms with van der Waals surface area (Å²) < 4.78 is 9.88. The lowest BCUT2D eigenvalue weighted by Crippen LogP contribution is -2.47. The van der Waals surface area contributed by atoms with E-state index in [1.54, 1.807) is 6.92 Å². The van der Waals surface area contributed by atoms with Gasteiger partial charge in [0.25, 0.3) is 0 Å². The second-order valence-corrected chi connectivity index (χ2v) is 18.9. The van der Waals surface area contributed by atoms with Crippen LogP contribution in [0.3, 0.4) is 0 Å². The number of allylic oxidation sites excluding steroid dienone is 4. The van der Waals surface area contributed by atoms with Gasteiger partial charge in [0.1, 0.15) is 5.65 Å². The molecule has 0 aromatic carbocycles. The highest BCUT2D eigenvalue weighted by atomic mass is 16.5. The van der Waals surface area contributed by atoms with E-state index in [4.69, 9.17) is 24.4 Å². The molecule has 0 atom stereocenters. The normalized spacial score (nSPS) is 12.5. The summed E-state index contributed by atoms with van der Waals surface area (Å²) in [6.07, 6.45) is 4.89. The molecule has 77 heavy (non-hydrogen) atoms. The van der Waals surface area contributed by atoms with E-state index in [2.05, 4.69) is 60.4 Å². The van der Waals surface area contributed by atoms with E-state index in [0.717, 1.165) is 104 Å². The Morgan fingerprint density at radius 1 is 0.558 bits per heavy atom. The number of carbonyl (C=O) groups is 7. The average molecular weight is 1070 g/mol. The summed E-state index contributed by atoms with van der Waals surface area (Å²) in [6, 6.07) is 6.16. The molecule has 3 aromatic heterocycles. The average Bonchev–Trinajstić information content (AvgIpc) is 4.12. The summed E-state index contributed by atoms with van der Waals surface area (Å²) in [5, 5.41) is 34.1. The molecule has 22 nitrogen and oxygen atoms in total. The largest absolute Gasteiger partial charge is 0.480 e. The van der Waals surface area contributed by atoms with Crippen LogP contribution in [0.25, 0.3) is 44.5 Å². The first kappa shape index (κ1) is 60.6. The Morgan fingerprint density at radius 3 is 1.71 bits per heavy atom. The number of aryl methyl sites for hydroxylation is 4. The first-order valence-corrected chi connectivity index (χ1v) is 26.5. The third-order valence-electron chi connectivity index (χ3n) is 13.7. The third-order valence-corrected chi connectivity index (χ3v) is 13.7. The molecule has 0 unspecified atom stereocenters. The van der Waals surface area contributed by atoms with Crippen LogP contribution in [0.1, 0.15) is 125 Å². The molecule has 2 aliphatic heterocycles. The van der Waals surface area contributed by atoms with E-state index in [1.165, 1.54) is 27.4 Å². The van der Waals surface area contributed by atoms with Crippen LogP contribution in [0.15, 0.2) is 18.2 Å². The van der Waals surface area contributed by atoms with Crippen LogP contribution in [0.2, 0.25) is 0 Å². The van der Waals surface area contributed by atoms with Crippen LogP contribution >= 0.6 is 0 Å². The fourth-order valence-electron chi connectivity index (χ4n) is 9.82. The topological polar surface area (TPSA) is 303 Å². The quantitative estimate of drug-likeness (QED) is 0.0328. The maximum atomic E-state index is 13.5. The molecule has 2 amide bonds. The van der Waals surface area contributed by atoms with Crippen molar-refractivity contribution in [1.82, 2.24) is 50.3 Å². The number of methoxy groups -OCH3 is 1. The van der Waals surface area contributed by atoms with Gasteiger partial charge >= 0.3 is 29.8 Å². The Hall–Kier alpha value is -7.30. The molecule has 2 aliphatic rings. The van der Waals surface area contributed by atoms with Gasteiger partial charge in [-0.3, -0.25) is 48.3 Å². The van der Waals surface area contributed by atoms with Crippen molar-refractivity contribution in [3.63, 3.8) is 0 Å². The Kier molecular flexibility index (Phi) is 23.0. The van der Waals surface area contributed by atoms with Crippen LogP contribution < -0.4 is 10.6 Å². The molecule has 22 heteroatoms. The van der Waals surface area contributed by atoms with Crippen LogP contribution in [0.4, 0.5) is 0 Å². The van der Waals surface area contributed by atoms with E-state index >= 15 is 0 Å². The molecule has 8 bridgehead atoms. The number of hydrogen-bond acceptors (Lipinski definition) is 15. The molecule has 5 rings (SSSR count). The molecule has 5 heterocycles. The number of ether oxygens (including phenoxy) is 2. The van der Waals surface area contributed by atoms with Gasteiger partial charge in [-0.2, -0.15) is 0 Å². The van der Waals surface area contributed by atoms with Crippen molar-refractivity contribution in [2.75, 3.05) is 85.7 Å². The Morgan fingerprint density at radius 2 is 1.12 bits per heavy atom. The number of carboxylic acid groups (broad SMARTS) is 3. The zero-order valence-corrected chi connectivity index (χ0v) is 45.8. The molecule has 0 radical (unpaired) electrons. The number of nitrogens with zero attached hydrogens (tertiary/aromatic N) is 6. The van der Waals surface area contributed by atoms with Crippen molar-refractivity contribution >= 4 is 86.2 Å². The molecule has 0 aliphatic carbocycles. The number of aliphatic carboxylic acids is 3. The van der Waals surface area contributed by atoms with Crippen molar-refractivity contribution in [2.45, 2.75) is 106 Å². The number of aromatic nitrogens is 5. The molecule has 0 saturated heterocycles. The fourth-order valence-corrected chi connectivity index (χ4v) is 9.82. The first-order chi connectivity index (χ1) is 36.8. The number of carboxylic acids is 3. The minimum Gasteiger partial charge on any atom is -0.480 e. The summed E-state index contributed by atoms with van der Waals surface area (Å²) in [4.78, 5) is 113. The number of nitrogens with one attached hydrogen (secondary N) is 4. The summed E-state index contributed by atoms with van der Waals surface area (Å²) in [6.45, 7) is 12.3. The number of fused-ring (bicyclic) bond motifs is 8. The van der Waals surface area contributed by atoms with Crippen LogP contribution in [0.5, 0.6) is 0 Å². The highest BCUT2D eigenvalue weighted by Crippen LogP contribution is 2.37. The number of carbonyl (C=O) groups excluding carboxylic acids is 4. The number of rotatable bonds is 31. The number of esters is 2. The lowest BCUT2D eigenvalue weighted by atomic mass is 9.99. The number of aromatic amines is 2. The first-order valence-electron chi connectivity index (χ1n) is 26.5. The number of amides is 2. The van der Waals surface area contributed by atoms with Gasteiger partial charge in [-0.25, -0.2) is 15.0 Å². The van der Waals surface area contributed by atoms with Crippen molar-refractivity contribution < 1.29 is 58.4 Å². The zero-order chi connectivity index (χ0) is 56.3. The zero-order valence-electron chi connectivity index (χ0n) is 45.8. The van der Waals surface area contributed by atoms with E-state index in [1.807, 2.05) is 19.9 Å². The molecule has 7 N–H and O–H groups in total. The molecule has 0 spiro atoms. The van der Waals surface area contributed by atoms with Crippen molar-refractivity contribution in [1.29, 1.82) is 0 Å². The maximum absolute atomic E-state index is 13.5. The van der Waals surface area contributed by atoms with E-state index in [-0.39, 0.29) is 83.7 Å². The highest BCUT2D eigenvalue weighted by molar-refractivity contribution is 5.94. The third kappa shape index (κ3) is 17.1. The summed E-state index contributed by atoms with van der Waals surface area (Å²) in [5.41, 5.74) is 14.0. The maximum Gasteiger partial charge on any atom is 0.320 e. The van der Waals surface area contributed by atoms with Crippen LogP contribution in [0, 0.1) is 6.92 Å². The number of H-pyrrole nitrogens is 2. The van der Waals surface area contributed by atoms with Crippen molar-refractivity contribution in [3.8, 4) is 0 Å². The van der Waals surface area contributed by atoms with E-state index in [0.29, 0.717) is 25.1 Å². The second kappa shape index (κ2) is 29.3. The van der Waals surface area contributed by atoms with Gasteiger partial charge in [0, 0.05) is 74.2 Å². The van der Waals surface area contributed by atoms with E-state index < -0.39 is 49.4 Å². The SMILES string of the molecule is CCOC(=O)CN(CCN(CCN(CC(=O)O)CC(=O)NCCNC(=O)CCc1c(C)c2cc3nc(nc4[nH]c(cc5nc(cc1[nH]2)C(CCCC(=O)OC)=C5C)c(CC)c4CC)C(CC)=C3CC)CC(=O)O)CC(=O)O. The van der Waals surface area contributed by atoms with Gasteiger partial charge < -0.3 is 45.4 Å². The van der Waals surface area contributed by atoms with Gasteiger partial charge in [0.05, 0.1) is 63.5 Å². The van der Waals surface area contributed by atoms with Crippen molar-refractivity contribution in [2.24, 2.45) is 0 Å². The minimum absolute atomic E-state index is 0.000958. The van der Waals surface area contributed by atoms with Gasteiger partial charge in [0.15, 0.2) is 5.82 Å². The van der Waals surface area contributed by atoms with Crippen LogP contribution in [-0.4, -0.2) is 182 Å². The Bertz CT molecular complexity index is 2900.